The molecule has 1 aromatic carbocycles. The van der Waals surface area contributed by atoms with Crippen molar-refractivity contribution >= 4 is 17.6 Å². The van der Waals surface area contributed by atoms with E-state index in [2.05, 4.69) is 39.0 Å². The van der Waals surface area contributed by atoms with Gasteiger partial charge in [0.25, 0.3) is 0 Å². The number of anilines is 3. The Morgan fingerprint density at radius 2 is 1.79 bits per heavy atom. The fourth-order valence-corrected chi connectivity index (χ4v) is 2.94. The van der Waals surface area contributed by atoms with Crippen LogP contribution in [0.3, 0.4) is 0 Å². The summed E-state index contributed by atoms with van der Waals surface area (Å²) >= 11 is 0. The molecule has 3 rings (SSSR count). The molecule has 0 aliphatic carbocycles. The molecule has 2 atom stereocenters. The monoisotopic (exact) mass is 328 g/mol. The zero-order valence-electron chi connectivity index (χ0n) is 14.4. The number of rotatable bonds is 4. The number of morpholine rings is 1. The Morgan fingerprint density at radius 1 is 1.12 bits per heavy atom. The van der Waals surface area contributed by atoms with Gasteiger partial charge in [-0.3, -0.25) is 4.90 Å². The molecule has 7 heteroatoms. The van der Waals surface area contributed by atoms with E-state index in [9.17, 15) is 0 Å². The fraction of sp³-hybridized carbons (Fsp3) is 0.471. The number of aryl methyl sites for hydroxylation is 1. The molecular weight excluding hydrogens is 304 g/mol. The Morgan fingerprint density at radius 3 is 2.46 bits per heavy atom. The topological polar surface area (TPSA) is 89.2 Å². The van der Waals surface area contributed by atoms with Crippen molar-refractivity contribution in [3.8, 4) is 0 Å². The van der Waals surface area contributed by atoms with E-state index in [1.807, 2.05) is 31.2 Å². The molecule has 0 saturated carbocycles. The molecule has 24 heavy (non-hydrogen) atoms. The molecule has 1 aromatic heterocycles. The average Bonchev–Trinajstić information content (AvgIpc) is 2.48. The van der Waals surface area contributed by atoms with Gasteiger partial charge in [-0.2, -0.15) is 15.0 Å². The van der Waals surface area contributed by atoms with Crippen molar-refractivity contribution in [2.45, 2.75) is 39.5 Å². The van der Waals surface area contributed by atoms with Gasteiger partial charge in [0, 0.05) is 18.8 Å². The summed E-state index contributed by atoms with van der Waals surface area (Å²) in [6, 6.07) is 8.04. The summed E-state index contributed by atoms with van der Waals surface area (Å²) in [6.45, 7) is 8.55. The summed E-state index contributed by atoms with van der Waals surface area (Å²) in [5, 5.41) is 3.18. The molecule has 1 aliphatic rings. The minimum absolute atomic E-state index is 0.207. The highest BCUT2D eigenvalue weighted by atomic mass is 16.5. The Kier molecular flexibility index (Phi) is 4.92. The summed E-state index contributed by atoms with van der Waals surface area (Å²) in [5.41, 5.74) is 7.97. The average molecular weight is 328 g/mol. The largest absolute Gasteiger partial charge is 0.373 e. The number of nitrogens with one attached hydrogen (secondary N) is 1. The van der Waals surface area contributed by atoms with E-state index in [4.69, 9.17) is 10.5 Å². The van der Waals surface area contributed by atoms with Crippen molar-refractivity contribution in [2.24, 2.45) is 0 Å². The lowest BCUT2D eigenvalue weighted by Crippen LogP contribution is -2.45. The number of nitrogen functional groups attached to an aromatic ring is 1. The molecule has 7 nitrogen and oxygen atoms in total. The Balaban J connectivity index is 1.72. The van der Waals surface area contributed by atoms with E-state index in [1.165, 1.54) is 5.56 Å². The second-order valence-electron chi connectivity index (χ2n) is 6.38. The van der Waals surface area contributed by atoms with Crippen molar-refractivity contribution in [1.29, 1.82) is 0 Å². The smallest absolute Gasteiger partial charge is 0.232 e. The minimum Gasteiger partial charge on any atom is -0.373 e. The van der Waals surface area contributed by atoms with Crippen molar-refractivity contribution in [2.75, 3.05) is 24.1 Å². The summed E-state index contributed by atoms with van der Waals surface area (Å²) in [7, 11) is 0. The molecular formula is C17H24N6O. The van der Waals surface area contributed by atoms with Gasteiger partial charge in [-0.05, 0) is 32.9 Å². The van der Waals surface area contributed by atoms with Gasteiger partial charge in [-0.25, -0.2) is 0 Å². The van der Waals surface area contributed by atoms with Crippen molar-refractivity contribution in [1.82, 2.24) is 19.9 Å². The van der Waals surface area contributed by atoms with Crippen molar-refractivity contribution < 1.29 is 4.74 Å². The van der Waals surface area contributed by atoms with Crippen molar-refractivity contribution in [3.63, 3.8) is 0 Å². The Bertz CT molecular complexity index is 680. The molecule has 2 heterocycles. The molecule has 3 N–H and O–H groups in total. The standard InChI is InChI=1S/C17H24N6O/c1-11-4-6-14(7-5-11)19-17-21-15(20-16(18)22-17)10-23-8-12(2)24-13(3)9-23/h4-7,12-13H,8-10H2,1-3H3,(H3,18,19,20,21,22). The van der Waals surface area contributed by atoms with E-state index in [0.29, 0.717) is 18.3 Å². The van der Waals surface area contributed by atoms with E-state index in [-0.39, 0.29) is 18.2 Å². The van der Waals surface area contributed by atoms with Crippen LogP contribution < -0.4 is 11.1 Å². The SMILES string of the molecule is Cc1ccc(Nc2nc(N)nc(CN3CC(C)OC(C)C3)n2)cc1. The van der Waals surface area contributed by atoms with Gasteiger partial charge in [0.05, 0.1) is 18.8 Å². The van der Waals surface area contributed by atoms with E-state index >= 15 is 0 Å². The van der Waals surface area contributed by atoms with Crippen LogP contribution in [0.1, 0.15) is 25.2 Å². The van der Waals surface area contributed by atoms with Crippen LogP contribution in [-0.4, -0.2) is 45.1 Å². The van der Waals surface area contributed by atoms with Crippen LogP contribution in [0.4, 0.5) is 17.6 Å². The molecule has 2 unspecified atom stereocenters. The van der Waals surface area contributed by atoms with Crippen LogP contribution in [0.25, 0.3) is 0 Å². The highest BCUT2D eigenvalue weighted by Gasteiger charge is 2.23. The van der Waals surface area contributed by atoms with E-state index < -0.39 is 0 Å². The highest BCUT2D eigenvalue weighted by Crippen LogP contribution is 2.16. The molecule has 2 aromatic rings. The Labute approximate surface area is 142 Å². The maximum Gasteiger partial charge on any atom is 0.232 e. The molecule has 1 saturated heterocycles. The first-order valence-electron chi connectivity index (χ1n) is 8.20. The van der Waals surface area contributed by atoms with Crippen LogP contribution in [-0.2, 0) is 11.3 Å². The third-order valence-corrected chi connectivity index (χ3v) is 3.87. The summed E-state index contributed by atoms with van der Waals surface area (Å²) in [6.07, 6.45) is 0.413. The van der Waals surface area contributed by atoms with Crippen molar-refractivity contribution in [3.05, 3.63) is 35.7 Å². The van der Waals surface area contributed by atoms with Crippen LogP contribution in [0.15, 0.2) is 24.3 Å². The number of ether oxygens (including phenoxy) is 1. The highest BCUT2D eigenvalue weighted by molar-refractivity contribution is 5.54. The van der Waals surface area contributed by atoms with Gasteiger partial charge in [0.2, 0.25) is 11.9 Å². The van der Waals surface area contributed by atoms with E-state index in [0.717, 1.165) is 18.8 Å². The number of hydrogen-bond donors (Lipinski definition) is 2. The minimum atomic E-state index is 0.207. The van der Waals surface area contributed by atoms with Crippen LogP contribution in [0.5, 0.6) is 0 Å². The van der Waals surface area contributed by atoms with Gasteiger partial charge < -0.3 is 15.8 Å². The zero-order chi connectivity index (χ0) is 17.1. The molecule has 128 valence electrons. The second kappa shape index (κ2) is 7.11. The number of benzene rings is 1. The normalized spacial score (nSPS) is 21.6. The number of nitrogens with two attached hydrogens (primary N) is 1. The summed E-state index contributed by atoms with van der Waals surface area (Å²) < 4.78 is 5.76. The molecule has 0 spiro atoms. The molecule has 1 fully saturated rings. The van der Waals surface area contributed by atoms with Crippen LogP contribution >= 0.6 is 0 Å². The first kappa shape index (κ1) is 16.6. The van der Waals surface area contributed by atoms with E-state index in [1.54, 1.807) is 0 Å². The van der Waals surface area contributed by atoms with Gasteiger partial charge in [-0.1, -0.05) is 17.7 Å². The van der Waals surface area contributed by atoms with Gasteiger partial charge >= 0.3 is 0 Å². The quantitative estimate of drug-likeness (QED) is 0.888. The zero-order valence-corrected chi connectivity index (χ0v) is 14.4. The lowest BCUT2D eigenvalue weighted by Gasteiger charge is -2.34. The van der Waals surface area contributed by atoms with Gasteiger partial charge in [0.1, 0.15) is 5.82 Å². The molecule has 0 amide bonds. The van der Waals surface area contributed by atoms with Crippen LogP contribution in [0.2, 0.25) is 0 Å². The predicted molar refractivity (Wildman–Crippen MR) is 94.0 cm³/mol. The third-order valence-electron chi connectivity index (χ3n) is 3.87. The number of nitrogens with zero attached hydrogens (tertiary/aromatic N) is 4. The maximum absolute atomic E-state index is 5.85. The third kappa shape index (κ3) is 4.39. The summed E-state index contributed by atoms with van der Waals surface area (Å²) in [4.78, 5) is 15.2. The lowest BCUT2D eigenvalue weighted by molar-refractivity contribution is -0.0710. The maximum atomic E-state index is 5.85. The number of aromatic nitrogens is 3. The summed E-state index contributed by atoms with van der Waals surface area (Å²) in [5.74, 6) is 1.36. The molecule has 1 aliphatic heterocycles. The number of hydrogen-bond acceptors (Lipinski definition) is 7. The van der Waals surface area contributed by atoms with Gasteiger partial charge in [0.15, 0.2) is 0 Å². The Hall–Kier alpha value is -2.25. The molecule has 0 bridgehead atoms. The first-order valence-corrected chi connectivity index (χ1v) is 8.20. The first-order chi connectivity index (χ1) is 11.5. The fourth-order valence-electron chi connectivity index (χ4n) is 2.94. The van der Waals surface area contributed by atoms with Gasteiger partial charge in [-0.15, -0.1) is 0 Å². The lowest BCUT2D eigenvalue weighted by atomic mass is 10.2. The van der Waals surface area contributed by atoms with Crippen LogP contribution in [0, 0.1) is 6.92 Å². The molecule has 0 radical (unpaired) electrons. The predicted octanol–water partition coefficient (Wildman–Crippen LogP) is 2.12. The second-order valence-corrected chi connectivity index (χ2v) is 6.38.